The maximum Gasteiger partial charge on any atom is -0.0174 e. The Bertz CT molecular complexity index is 1760. The lowest BCUT2D eigenvalue weighted by molar-refractivity contribution is -0.247. The minimum absolute atomic E-state index is 0.319. The van der Waals surface area contributed by atoms with Crippen molar-refractivity contribution in [3.63, 3.8) is 0 Å². The van der Waals surface area contributed by atoms with E-state index in [-0.39, 0.29) is 0 Å². The van der Waals surface area contributed by atoms with Crippen molar-refractivity contribution in [1.82, 2.24) is 0 Å². The zero-order valence-corrected chi connectivity index (χ0v) is 83.1. The van der Waals surface area contributed by atoms with Gasteiger partial charge in [0.25, 0.3) is 0 Å². The van der Waals surface area contributed by atoms with Crippen molar-refractivity contribution in [2.75, 3.05) is 0 Å². The first-order valence-corrected chi connectivity index (χ1v) is 56.2. The van der Waals surface area contributed by atoms with Crippen molar-refractivity contribution in [2.24, 2.45) is 27.1 Å². The van der Waals surface area contributed by atoms with E-state index in [4.69, 9.17) is 0 Å². The molecular formula is C114H230. The van der Waals surface area contributed by atoms with Crippen molar-refractivity contribution >= 4 is 0 Å². The van der Waals surface area contributed by atoms with Crippen LogP contribution in [0.4, 0.5) is 0 Å². The first-order valence-electron chi connectivity index (χ1n) is 56.2. The fourth-order valence-electron chi connectivity index (χ4n) is 24.0. The first-order chi connectivity index (χ1) is 56.2. The van der Waals surface area contributed by atoms with Gasteiger partial charge in [0.1, 0.15) is 0 Å². The third-order valence-electron chi connectivity index (χ3n) is 30.9. The Morgan fingerprint density at radius 3 is 0.316 bits per heavy atom. The molecule has 0 aromatic rings. The summed E-state index contributed by atoms with van der Waals surface area (Å²) in [6.45, 7) is 29.9. The second-order valence-corrected chi connectivity index (χ2v) is 40.6. The van der Waals surface area contributed by atoms with Crippen LogP contribution in [0.3, 0.4) is 0 Å². The maximum absolute atomic E-state index is 2.68. The zero-order valence-electron chi connectivity index (χ0n) is 83.1. The molecule has 114 heavy (non-hydrogen) atoms. The van der Waals surface area contributed by atoms with Crippen LogP contribution in [0.5, 0.6) is 0 Å². The summed E-state index contributed by atoms with van der Waals surface area (Å²) < 4.78 is 0. The fourth-order valence-corrected chi connectivity index (χ4v) is 24.0. The molecule has 0 aromatic carbocycles. The molecule has 0 nitrogen and oxygen atoms in total. The van der Waals surface area contributed by atoms with E-state index in [1.54, 1.807) is 77.0 Å². The molecule has 0 aromatic heterocycles. The summed E-state index contributed by atoms with van der Waals surface area (Å²) in [7, 11) is 0. The second kappa shape index (κ2) is 87.9. The van der Waals surface area contributed by atoms with E-state index in [1.165, 1.54) is 546 Å². The van der Waals surface area contributed by atoms with E-state index < -0.39 is 0 Å². The normalized spacial score (nSPS) is 14.7. The average Bonchev–Trinajstić information content (AvgIpc) is 0.679. The van der Waals surface area contributed by atoms with Crippen LogP contribution >= 0.6 is 0 Å². The molecule has 0 saturated heterocycles. The van der Waals surface area contributed by atoms with Gasteiger partial charge in [-0.25, -0.2) is 0 Å². The highest BCUT2D eigenvalue weighted by Crippen LogP contribution is 2.79. The van der Waals surface area contributed by atoms with E-state index in [9.17, 15) is 0 Å². The van der Waals surface area contributed by atoms with Gasteiger partial charge in [-0.05, 0) is 104 Å². The van der Waals surface area contributed by atoms with E-state index in [1.807, 2.05) is 0 Å². The Morgan fingerprint density at radius 1 is 0.0789 bits per heavy atom. The Labute approximate surface area is 728 Å². The first kappa shape index (κ1) is 114. The van der Waals surface area contributed by atoms with Gasteiger partial charge < -0.3 is 0 Å². The third kappa shape index (κ3) is 56.0. The lowest BCUT2D eigenvalue weighted by atomic mass is 9.31. The predicted molar refractivity (Wildman–Crippen MR) is 528 cm³/mol. The van der Waals surface area contributed by atoms with Crippen molar-refractivity contribution in [3.8, 4) is 0 Å². The molecule has 0 N–H and O–H groups in total. The molecule has 5 unspecified atom stereocenters. The summed E-state index contributed by atoms with van der Waals surface area (Å²) in [6.07, 6.45) is 144. The topological polar surface area (TPSA) is 0 Å². The molecule has 0 amide bonds. The Balaban J connectivity index is 10.7. The van der Waals surface area contributed by atoms with Gasteiger partial charge in [-0.1, -0.05) is 629 Å². The molecule has 686 valence electrons. The van der Waals surface area contributed by atoms with Crippen molar-refractivity contribution < 1.29 is 0 Å². The van der Waals surface area contributed by atoms with E-state index in [0.29, 0.717) is 27.1 Å². The van der Waals surface area contributed by atoms with Gasteiger partial charge in [0.05, 0.1) is 0 Å². The summed E-state index contributed by atoms with van der Waals surface area (Å²) in [5.41, 5.74) is 1.76. The molecule has 5 atom stereocenters. The van der Waals surface area contributed by atoms with E-state index in [0.717, 1.165) is 0 Å². The van der Waals surface area contributed by atoms with Gasteiger partial charge in [0.2, 0.25) is 0 Å². The molecule has 0 aliphatic rings. The van der Waals surface area contributed by atoms with Crippen LogP contribution in [-0.4, -0.2) is 0 Å². The lowest BCUT2D eigenvalue weighted by Crippen LogP contribution is -2.66. The Morgan fingerprint density at radius 2 is 0.167 bits per heavy atom. The van der Waals surface area contributed by atoms with E-state index in [2.05, 4.69) is 83.1 Å². The molecule has 0 aliphatic carbocycles. The van der Waals surface area contributed by atoms with Gasteiger partial charge in [-0.2, -0.15) is 0 Å². The van der Waals surface area contributed by atoms with Gasteiger partial charge in [0.15, 0.2) is 0 Å². The molecule has 0 aliphatic heterocycles. The molecule has 0 fully saturated rings. The van der Waals surface area contributed by atoms with Gasteiger partial charge >= 0.3 is 0 Å². The second-order valence-electron chi connectivity index (χ2n) is 40.6. The minimum atomic E-state index is 0.319. The quantitative estimate of drug-likeness (QED) is 0.0533. The molecular weight excluding hydrogens is 1370 g/mol. The van der Waals surface area contributed by atoms with Crippen LogP contribution in [0.25, 0.3) is 0 Å². The van der Waals surface area contributed by atoms with Crippen LogP contribution in [0, 0.1) is 27.1 Å². The fraction of sp³-hybridized carbons (Fsp3) is 1.00. The summed E-state index contributed by atoms with van der Waals surface area (Å²) in [5.74, 6) is 0. The molecule has 0 radical (unpaired) electrons. The number of hydrogen-bond donors (Lipinski definition) is 0. The maximum atomic E-state index is 2.68. The monoisotopic (exact) mass is 1600 g/mol. The van der Waals surface area contributed by atoms with Gasteiger partial charge in [-0.15, -0.1) is 0 Å². The standard InChI is InChI=1S/C114H230/c1-13-25-37-47-55-61-64-66-70-75-82-91-103-111(101-89-80-73-68-63-57-49-39-27-15-3,102-90-81-74-69-65-62-56-48-38-26-14-2)113(106-94-84-76-60-52-42-30-18-6,107-95-85-77-67-58-50-40-28-16-4)114(108-96-83-54-44-32-20-8,109-97-86-71-53-43-31-19-7)112(104-92-46-34-22-10,105-93-78-45-33-21-9)110(98-36-24-12,99-87-35-23-11)100-88-79-72-59-51-41-29-17-5/h13-109H2,1-12H3. The molecule has 0 heteroatoms. The minimum Gasteiger partial charge on any atom is -0.0654 e. The zero-order chi connectivity index (χ0) is 83.1. The highest BCUT2D eigenvalue weighted by Gasteiger charge is 2.70. The summed E-state index contributed by atoms with van der Waals surface area (Å²) in [5, 5.41) is 0. The van der Waals surface area contributed by atoms with Crippen LogP contribution < -0.4 is 0 Å². The molecule has 0 rings (SSSR count). The lowest BCUT2D eigenvalue weighted by Gasteiger charge is -2.73. The summed E-state index contributed by atoms with van der Waals surface area (Å²) in [4.78, 5) is 0. The average molecular weight is 1600 g/mol. The largest absolute Gasteiger partial charge is 0.0654 e. The highest BCUT2D eigenvalue weighted by atomic mass is 14.7. The number of unbranched alkanes of at least 4 members (excludes halogenated alkanes) is 73. The molecule has 0 saturated carbocycles. The predicted octanol–water partition coefficient (Wildman–Crippen LogP) is 44.0. The third-order valence-corrected chi connectivity index (χ3v) is 30.9. The van der Waals surface area contributed by atoms with Crippen LogP contribution in [-0.2, 0) is 0 Å². The number of rotatable bonds is 101. The van der Waals surface area contributed by atoms with Gasteiger partial charge in [-0.3, -0.25) is 0 Å². The van der Waals surface area contributed by atoms with Crippen molar-refractivity contribution in [1.29, 1.82) is 0 Å². The van der Waals surface area contributed by atoms with Crippen molar-refractivity contribution in [3.05, 3.63) is 0 Å². The molecule has 0 bridgehead atoms. The van der Waals surface area contributed by atoms with E-state index >= 15 is 0 Å². The molecule has 0 heterocycles. The Kier molecular flexibility index (Phi) is 87.9. The summed E-state index contributed by atoms with van der Waals surface area (Å²) in [6, 6.07) is 0. The highest BCUT2D eigenvalue weighted by molar-refractivity contribution is 5.19. The molecule has 0 spiro atoms. The Hall–Kier alpha value is 0. The smallest absolute Gasteiger partial charge is 0.0174 e. The SMILES string of the molecule is CCCCCCCCCCCCCCC(CCCCCCCCCCCC)(CCCCCCCCCCCCC)C(CCCCCCCCCC)(CCCCCCCCCCC)C(CCCCCCCC)(CCCCCCCCC)C(CCCCCC)(CCCCCCC)C(CCCC)(CCCCC)CCCCCCCCCC. The van der Waals surface area contributed by atoms with Crippen LogP contribution in [0.15, 0.2) is 0 Å². The van der Waals surface area contributed by atoms with Gasteiger partial charge in [0, 0.05) is 0 Å². The van der Waals surface area contributed by atoms with Crippen LogP contribution in [0.1, 0.15) is 706 Å². The van der Waals surface area contributed by atoms with Crippen LogP contribution in [0.2, 0.25) is 0 Å². The summed E-state index contributed by atoms with van der Waals surface area (Å²) >= 11 is 0. The number of hydrogen-bond acceptors (Lipinski definition) is 0. The van der Waals surface area contributed by atoms with Crippen molar-refractivity contribution in [2.45, 2.75) is 706 Å².